The lowest BCUT2D eigenvalue weighted by atomic mass is 10.0. The Hall–Kier alpha value is -2.64. The highest BCUT2D eigenvalue weighted by atomic mass is 35.5. The molecule has 0 aromatic heterocycles. The molecule has 0 aliphatic rings. The second-order valence-corrected chi connectivity index (χ2v) is 5.13. The van der Waals surface area contributed by atoms with Gasteiger partial charge in [-0.15, -0.1) is 0 Å². The average molecular weight is 313 g/mol. The molecule has 5 heteroatoms. The smallest absolute Gasteiger partial charge is 0.249 e. The summed E-state index contributed by atoms with van der Waals surface area (Å²) in [6.07, 6.45) is 0. The second-order valence-electron chi connectivity index (χ2n) is 4.72. The summed E-state index contributed by atoms with van der Waals surface area (Å²) >= 11 is 6.17. The number of carbonyl (C=O) groups is 2. The zero-order chi connectivity index (χ0) is 16.1. The number of nitrogens with one attached hydrogen (secondary N) is 1. The molecular weight excluding hydrogens is 300 g/mol. The van der Waals surface area contributed by atoms with E-state index in [1.165, 1.54) is 6.92 Å². The summed E-state index contributed by atoms with van der Waals surface area (Å²) in [7, 11) is 0. The number of hydrogen-bond acceptors (Lipinski definition) is 3. The third-order valence-corrected chi connectivity index (χ3v) is 3.44. The van der Waals surface area contributed by atoms with Crippen molar-refractivity contribution in [3.05, 3.63) is 53.6 Å². The van der Waals surface area contributed by atoms with Crippen molar-refractivity contribution in [2.45, 2.75) is 6.92 Å². The molecule has 1 N–H and O–H groups in total. The van der Waals surface area contributed by atoms with Gasteiger partial charge in [0.2, 0.25) is 5.91 Å². The summed E-state index contributed by atoms with van der Waals surface area (Å²) in [6.45, 7) is 1.20. The lowest BCUT2D eigenvalue weighted by molar-refractivity contribution is -0.127. The molecule has 0 bridgehead atoms. The second kappa shape index (κ2) is 6.88. The fourth-order valence-electron chi connectivity index (χ4n) is 1.97. The van der Waals surface area contributed by atoms with E-state index in [4.69, 9.17) is 16.9 Å². The molecule has 4 nitrogen and oxygen atoms in total. The number of nitrogens with zero attached hydrogens (tertiary/aromatic N) is 1. The van der Waals surface area contributed by atoms with Crippen LogP contribution in [0.25, 0.3) is 11.1 Å². The van der Waals surface area contributed by atoms with E-state index in [-0.39, 0.29) is 0 Å². The van der Waals surface area contributed by atoms with Crippen LogP contribution in [0.3, 0.4) is 0 Å². The first-order valence-corrected chi connectivity index (χ1v) is 6.96. The number of carbonyl (C=O) groups excluding carboxylic acids is 2. The fraction of sp³-hybridized carbons (Fsp3) is 0.118. The molecule has 0 saturated carbocycles. The van der Waals surface area contributed by atoms with Crippen molar-refractivity contribution in [1.82, 2.24) is 0 Å². The minimum atomic E-state index is -1.33. The Kier molecular flexibility index (Phi) is 4.92. The highest BCUT2D eigenvalue weighted by molar-refractivity contribution is 6.34. The van der Waals surface area contributed by atoms with Crippen molar-refractivity contribution in [3.63, 3.8) is 0 Å². The van der Waals surface area contributed by atoms with Crippen molar-refractivity contribution in [2.75, 3.05) is 5.32 Å². The Labute approximate surface area is 133 Å². The lowest BCUT2D eigenvalue weighted by Gasteiger charge is -2.11. The maximum atomic E-state index is 11.9. The van der Waals surface area contributed by atoms with Gasteiger partial charge in [0, 0.05) is 0 Å². The van der Waals surface area contributed by atoms with Gasteiger partial charge in [-0.2, -0.15) is 5.26 Å². The fourth-order valence-corrected chi connectivity index (χ4v) is 2.19. The van der Waals surface area contributed by atoms with Crippen LogP contribution in [0.1, 0.15) is 6.92 Å². The van der Waals surface area contributed by atoms with Gasteiger partial charge in [-0.05, 0) is 30.2 Å². The lowest BCUT2D eigenvalue weighted by Crippen LogP contribution is -2.27. The van der Waals surface area contributed by atoms with Crippen LogP contribution < -0.4 is 5.32 Å². The number of anilines is 1. The van der Waals surface area contributed by atoms with Crippen LogP contribution in [0.4, 0.5) is 5.69 Å². The first kappa shape index (κ1) is 15.7. The van der Waals surface area contributed by atoms with E-state index in [1.54, 1.807) is 18.2 Å². The monoisotopic (exact) mass is 312 g/mol. The van der Waals surface area contributed by atoms with Gasteiger partial charge in [0.05, 0.1) is 16.8 Å². The zero-order valence-corrected chi connectivity index (χ0v) is 12.6. The number of amides is 1. The third kappa shape index (κ3) is 3.51. The summed E-state index contributed by atoms with van der Waals surface area (Å²) in [5, 5.41) is 11.7. The predicted octanol–water partition coefficient (Wildman–Crippen LogP) is 3.67. The van der Waals surface area contributed by atoms with Gasteiger partial charge in [-0.25, -0.2) is 0 Å². The summed E-state index contributed by atoms with van der Waals surface area (Å²) < 4.78 is 0. The molecule has 0 aliphatic heterocycles. The Bertz CT molecular complexity index is 751. The van der Waals surface area contributed by atoms with Crippen molar-refractivity contribution in [3.8, 4) is 17.2 Å². The summed E-state index contributed by atoms with van der Waals surface area (Å²) in [5.74, 6) is -2.51. The molecule has 1 atom stereocenters. The maximum absolute atomic E-state index is 11.9. The number of nitriles is 1. The van der Waals surface area contributed by atoms with Crippen molar-refractivity contribution < 1.29 is 9.59 Å². The topological polar surface area (TPSA) is 70.0 Å². The molecule has 0 saturated heterocycles. The normalized spacial score (nSPS) is 11.3. The Morgan fingerprint density at radius 1 is 1.14 bits per heavy atom. The minimum Gasteiger partial charge on any atom is -0.323 e. The van der Waals surface area contributed by atoms with Gasteiger partial charge in [-0.1, -0.05) is 48.0 Å². The highest BCUT2D eigenvalue weighted by Gasteiger charge is 2.23. The first-order chi connectivity index (χ1) is 10.5. The highest BCUT2D eigenvalue weighted by Crippen LogP contribution is 2.29. The number of benzene rings is 2. The number of halogens is 1. The molecule has 1 unspecified atom stereocenters. The van der Waals surface area contributed by atoms with Crippen molar-refractivity contribution in [1.29, 1.82) is 5.26 Å². The summed E-state index contributed by atoms with van der Waals surface area (Å²) in [5.41, 5.74) is 2.28. The molecule has 0 aliphatic carbocycles. The van der Waals surface area contributed by atoms with Crippen LogP contribution in [0.15, 0.2) is 48.5 Å². The SMILES string of the molecule is CC(=O)C(C#N)C(=O)Nc1ccc(-c2ccccc2)cc1Cl. The van der Waals surface area contributed by atoms with Crippen molar-refractivity contribution in [2.24, 2.45) is 5.92 Å². The number of ketones is 1. The average Bonchev–Trinajstić information content (AvgIpc) is 2.50. The molecule has 1 amide bonds. The quantitative estimate of drug-likeness (QED) is 0.876. The van der Waals surface area contributed by atoms with Gasteiger partial charge < -0.3 is 5.32 Å². The molecule has 2 rings (SSSR count). The van der Waals surface area contributed by atoms with E-state index >= 15 is 0 Å². The predicted molar refractivity (Wildman–Crippen MR) is 85.3 cm³/mol. The molecule has 2 aromatic rings. The first-order valence-electron chi connectivity index (χ1n) is 6.59. The van der Waals surface area contributed by atoms with Crippen LogP contribution in [-0.2, 0) is 9.59 Å². The van der Waals surface area contributed by atoms with E-state index in [0.29, 0.717) is 10.7 Å². The molecule has 0 spiro atoms. The van der Waals surface area contributed by atoms with E-state index < -0.39 is 17.6 Å². The minimum absolute atomic E-state index is 0.343. The van der Waals surface area contributed by atoms with E-state index in [9.17, 15) is 9.59 Å². The van der Waals surface area contributed by atoms with E-state index in [1.807, 2.05) is 36.4 Å². The Balaban J connectivity index is 2.23. The molecular formula is C17H13ClN2O2. The molecule has 0 heterocycles. The van der Waals surface area contributed by atoms with Crippen LogP contribution in [-0.4, -0.2) is 11.7 Å². The summed E-state index contributed by atoms with van der Waals surface area (Å²) in [6, 6.07) is 16.5. The number of hydrogen-bond donors (Lipinski definition) is 1. The van der Waals surface area contributed by atoms with Crippen LogP contribution >= 0.6 is 11.6 Å². The van der Waals surface area contributed by atoms with Crippen LogP contribution in [0.5, 0.6) is 0 Å². The van der Waals surface area contributed by atoms with E-state index in [0.717, 1.165) is 11.1 Å². The van der Waals surface area contributed by atoms with Gasteiger partial charge in [0.15, 0.2) is 11.7 Å². The number of rotatable bonds is 4. The third-order valence-electron chi connectivity index (χ3n) is 3.13. The summed E-state index contributed by atoms with van der Waals surface area (Å²) in [4.78, 5) is 23.1. The maximum Gasteiger partial charge on any atom is 0.249 e. The zero-order valence-electron chi connectivity index (χ0n) is 11.8. The molecule has 22 heavy (non-hydrogen) atoms. The molecule has 0 radical (unpaired) electrons. The van der Waals surface area contributed by atoms with Crippen LogP contribution in [0.2, 0.25) is 5.02 Å². The largest absolute Gasteiger partial charge is 0.323 e. The Morgan fingerprint density at radius 2 is 1.82 bits per heavy atom. The molecule has 2 aromatic carbocycles. The van der Waals surface area contributed by atoms with E-state index in [2.05, 4.69) is 5.32 Å². The van der Waals surface area contributed by atoms with Gasteiger partial charge in [-0.3, -0.25) is 9.59 Å². The molecule has 0 fully saturated rings. The molecule has 110 valence electrons. The number of Topliss-reactive ketones (excluding diaryl/α,β-unsaturated/α-hetero) is 1. The van der Waals surface area contributed by atoms with Gasteiger partial charge in [0.25, 0.3) is 0 Å². The van der Waals surface area contributed by atoms with Crippen LogP contribution in [0, 0.1) is 17.2 Å². The standard InChI is InChI=1S/C17H13ClN2O2/c1-11(21)14(10-19)17(22)20-16-8-7-13(9-15(16)18)12-5-3-2-4-6-12/h2-9,14H,1H3,(H,20,22). The van der Waals surface area contributed by atoms with Crippen molar-refractivity contribution >= 4 is 29.0 Å². The Morgan fingerprint density at radius 3 is 2.36 bits per heavy atom. The van der Waals surface area contributed by atoms with Gasteiger partial charge >= 0.3 is 0 Å². The van der Waals surface area contributed by atoms with Gasteiger partial charge in [0.1, 0.15) is 0 Å².